The van der Waals surface area contributed by atoms with Crippen LogP contribution in [0, 0.1) is 5.92 Å². The molecule has 0 radical (unpaired) electrons. The van der Waals surface area contributed by atoms with Gasteiger partial charge in [0.05, 0.1) is 13.2 Å². The van der Waals surface area contributed by atoms with E-state index in [1.54, 1.807) is 0 Å². The van der Waals surface area contributed by atoms with E-state index in [0.717, 1.165) is 0 Å². The maximum Gasteiger partial charge on any atom is 0.223 e. The Morgan fingerprint density at radius 1 is 1.41 bits per heavy atom. The molecule has 2 aliphatic rings. The average Bonchev–Trinajstić information content (AvgIpc) is 2.82. The van der Waals surface area contributed by atoms with Crippen LogP contribution in [-0.2, 0) is 9.53 Å². The topological polar surface area (TPSA) is 55.6 Å². The van der Waals surface area contributed by atoms with Crippen LogP contribution < -0.4 is 5.73 Å². The fourth-order valence-electron chi connectivity index (χ4n) is 2.64. The number of hydrogen-bond donors (Lipinski definition) is 1. The highest BCUT2D eigenvalue weighted by atomic mass is 32.1. The number of thiocarbonyl (C=S) groups is 1. The third-order valence-electron chi connectivity index (χ3n) is 3.67. The Labute approximate surface area is 107 Å². The molecule has 17 heavy (non-hydrogen) atoms. The fourth-order valence-corrected chi connectivity index (χ4v) is 2.78. The lowest BCUT2D eigenvalue weighted by atomic mass is 10.0. The first-order chi connectivity index (χ1) is 8.16. The standard InChI is InChI=1S/C12H20N2O2S/c13-12(17)10-8-14(5-6-16-10)11(15)7-9-3-1-2-4-9/h9-10H,1-8H2,(H2,13,17). The van der Waals surface area contributed by atoms with Crippen molar-refractivity contribution in [2.24, 2.45) is 11.7 Å². The minimum absolute atomic E-state index is 0.237. The molecule has 0 aromatic carbocycles. The summed E-state index contributed by atoms with van der Waals surface area (Å²) in [6.07, 6.45) is 5.38. The zero-order chi connectivity index (χ0) is 12.3. The van der Waals surface area contributed by atoms with Gasteiger partial charge in [-0.25, -0.2) is 0 Å². The summed E-state index contributed by atoms with van der Waals surface area (Å²) in [4.78, 5) is 14.3. The number of rotatable bonds is 3. The number of carbonyl (C=O) groups is 1. The second kappa shape index (κ2) is 5.78. The zero-order valence-electron chi connectivity index (χ0n) is 10.1. The molecular weight excluding hydrogens is 236 g/mol. The van der Waals surface area contributed by atoms with E-state index in [1.807, 2.05) is 4.90 Å². The van der Waals surface area contributed by atoms with Crippen molar-refractivity contribution in [2.75, 3.05) is 19.7 Å². The molecule has 0 spiro atoms. The number of ether oxygens (including phenoxy) is 1. The smallest absolute Gasteiger partial charge is 0.223 e. The molecule has 0 bridgehead atoms. The lowest BCUT2D eigenvalue weighted by Crippen LogP contribution is -2.50. The number of nitrogens with two attached hydrogens (primary N) is 1. The van der Waals surface area contributed by atoms with Crippen LogP contribution in [-0.4, -0.2) is 41.6 Å². The summed E-state index contributed by atoms with van der Waals surface area (Å²) in [5, 5.41) is 0. The van der Waals surface area contributed by atoms with Crippen molar-refractivity contribution >= 4 is 23.1 Å². The second-order valence-corrected chi connectivity index (χ2v) is 5.43. The van der Waals surface area contributed by atoms with Gasteiger partial charge >= 0.3 is 0 Å². The Morgan fingerprint density at radius 3 is 2.76 bits per heavy atom. The predicted molar refractivity (Wildman–Crippen MR) is 69.7 cm³/mol. The molecule has 1 aliphatic heterocycles. The number of morpholine rings is 1. The van der Waals surface area contributed by atoms with Gasteiger partial charge in [-0.3, -0.25) is 4.79 Å². The monoisotopic (exact) mass is 256 g/mol. The minimum atomic E-state index is -0.258. The lowest BCUT2D eigenvalue weighted by molar-refractivity contribution is -0.137. The van der Waals surface area contributed by atoms with Crippen LogP contribution in [0.4, 0.5) is 0 Å². The molecule has 1 aliphatic carbocycles. The van der Waals surface area contributed by atoms with Crippen LogP contribution in [0.15, 0.2) is 0 Å². The normalized spacial score (nSPS) is 26.1. The molecule has 4 nitrogen and oxygen atoms in total. The van der Waals surface area contributed by atoms with Crippen molar-refractivity contribution in [3.63, 3.8) is 0 Å². The number of nitrogens with zero attached hydrogens (tertiary/aromatic N) is 1. The van der Waals surface area contributed by atoms with Crippen LogP contribution in [0.3, 0.4) is 0 Å². The molecule has 1 heterocycles. The molecule has 1 amide bonds. The molecule has 2 rings (SSSR count). The van der Waals surface area contributed by atoms with Gasteiger partial charge in [0.2, 0.25) is 5.91 Å². The Balaban J connectivity index is 1.83. The number of hydrogen-bond acceptors (Lipinski definition) is 3. The molecule has 1 unspecified atom stereocenters. The summed E-state index contributed by atoms with van der Waals surface area (Å²) in [7, 11) is 0. The van der Waals surface area contributed by atoms with Gasteiger partial charge in [0.1, 0.15) is 11.1 Å². The molecule has 0 aromatic rings. The van der Waals surface area contributed by atoms with Gasteiger partial charge < -0.3 is 15.4 Å². The molecule has 1 saturated carbocycles. The van der Waals surface area contributed by atoms with Crippen LogP contribution in [0.2, 0.25) is 0 Å². The van der Waals surface area contributed by atoms with Gasteiger partial charge in [-0.2, -0.15) is 0 Å². The largest absolute Gasteiger partial charge is 0.391 e. The summed E-state index contributed by atoms with van der Waals surface area (Å²) in [5.74, 6) is 0.829. The fraction of sp³-hybridized carbons (Fsp3) is 0.833. The molecule has 1 atom stereocenters. The summed E-state index contributed by atoms with van der Waals surface area (Å²) in [6, 6.07) is 0. The Hall–Kier alpha value is -0.680. The highest BCUT2D eigenvalue weighted by molar-refractivity contribution is 7.80. The SMILES string of the molecule is NC(=S)C1CN(C(=O)CC2CCCC2)CCO1. The van der Waals surface area contributed by atoms with Crippen molar-refractivity contribution < 1.29 is 9.53 Å². The first-order valence-corrected chi connectivity index (χ1v) is 6.76. The summed E-state index contributed by atoms with van der Waals surface area (Å²) >= 11 is 4.91. The van der Waals surface area contributed by atoms with Crippen molar-refractivity contribution in [3.8, 4) is 0 Å². The summed E-state index contributed by atoms with van der Waals surface area (Å²) < 4.78 is 5.43. The zero-order valence-corrected chi connectivity index (χ0v) is 10.9. The minimum Gasteiger partial charge on any atom is -0.391 e. The molecule has 5 heteroatoms. The van der Waals surface area contributed by atoms with E-state index in [4.69, 9.17) is 22.7 Å². The van der Waals surface area contributed by atoms with Crippen molar-refractivity contribution in [1.29, 1.82) is 0 Å². The van der Waals surface area contributed by atoms with E-state index in [-0.39, 0.29) is 12.0 Å². The molecular formula is C12H20N2O2S. The van der Waals surface area contributed by atoms with E-state index in [1.165, 1.54) is 25.7 Å². The van der Waals surface area contributed by atoms with E-state index in [0.29, 0.717) is 37.0 Å². The Morgan fingerprint density at radius 2 is 2.12 bits per heavy atom. The number of amides is 1. The van der Waals surface area contributed by atoms with Gasteiger partial charge in [-0.1, -0.05) is 25.1 Å². The highest BCUT2D eigenvalue weighted by Gasteiger charge is 2.28. The highest BCUT2D eigenvalue weighted by Crippen LogP contribution is 2.28. The maximum atomic E-state index is 12.1. The van der Waals surface area contributed by atoms with Gasteiger partial charge in [-0.15, -0.1) is 0 Å². The Kier molecular flexibility index (Phi) is 4.34. The molecule has 2 N–H and O–H groups in total. The lowest BCUT2D eigenvalue weighted by Gasteiger charge is -2.33. The number of carbonyl (C=O) groups excluding carboxylic acids is 1. The molecule has 2 fully saturated rings. The van der Waals surface area contributed by atoms with Gasteiger partial charge in [0.25, 0.3) is 0 Å². The van der Waals surface area contributed by atoms with Crippen LogP contribution >= 0.6 is 12.2 Å². The average molecular weight is 256 g/mol. The van der Waals surface area contributed by atoms with Crippen LogP contribution in [0.5, 0.6) is 0 Å². The van der Waals surface area contributed by atoms with Crippen molar-refractivity contribution in [2.45, 2.75) is 38.2 Å². The molecule has 0 aromatic heterocycles. The summed E-state index contributed by atoms with van der Waals surface area (Å²) in [6.45, 7) is 1.74. The van der Waals surface area contributed by atoms with Gasteiger partial charge in [0, 0.05) is 13.0 Å². The van der Waals surface area contributed by atoms with Crippen LogP contribution in [0.25, 0.3) is 0 Å². The molecule has 1 saturated heterocycles. The summed E-state index contributed by atoms with van der Waals surface area (Å²) in [5.41, 5.74) is 5.56. The van der Waals surface area contributed by atoms with Crippen molar-refractivity contribution in [1.82, 2.24) is 4.90 Å². The first-order valence-electron chi connectivity index (χ1n) is 6.35. The van der Waals surface area contributed by atoms with E-state index >= 15 is 0 Å². The third-order valence-corrected chi connectivity index (χ3v) is 3.94. The Bertz CT molecular complexity index is 303. The van der Waals surface area contributed by atoms with Gasteiger partial charge in [-0.05, 0) is 18.8 Å². The van der Waals surface area contributed by atoms with E-state index in [9.17, 15) is 4.79 Å². The van der Waals surface area contributed by atoms with Gasteiger partial charge in [0.15, 0.2) is 0 Å². The quantitative estimate of drug-likeness (QED) is 0.768. The predicted octanol–water partition coefficient (Wildman–Crippen LogP) is 1.08. The maximum absolute atomic E-state index is 12.1. The van der Waals surface area contributed by atoms with Crippen LogP contribution in [0.1, 0.15) is 32.1 Å². The molecule has 96 valence electrons. The first kappa shape index (κ1) is 12.8. The van der Waals surface area contributed by atoms with E-state index in [2.05, 4.69) is 0 Å². The van der Waals surface area contributed by atoms with Crippen molar-refractivity contribution in [3.05, 3.63) is 0 Å². The second-order valence-electron chi connectivity index (χ2n) is 4.96. The third kappa shape index (κ3) is 3.39. The van der Waals surface area contributed by atoms with E-state index < -0.39 is 0 Å².